The van der Waals surface area contributed by atoms with Crippen molar-refractivity contribution in [3.63, 3.8) is 0 Å². The molecule has 1 rings (SSSR count). The van der Waals surface area contributed by atoms with Gasteiger partial charge in [-0.25, -0.2) is 4.79 Å². The van der Waals surface area contributed by atoms with Crippen molar-refractivity contribution in [2.24, 2.45) is 0 Å². The number of hydrogen-bond donors (Lipinski definition) is 2. The molecule has 0 aliphatic carbocycles. The number of amides is 1. The van der Waals surface area contributed by atoms with E-state index in [4.69, 9.17) is 16.7 Å². The van der Waals surface area contributed by atoms with Gasteiger partial charge < -0.3 is 10.4 Å². The molecule has 0 spiro atoms. The fraction of sp³-hybridized carbons (Fsp3) is 0.375. The molecule has 0 aromatic heterocycles. The number of carbonyl (C=O) groups is 2. The predicted molar refractivity (Wildman–Crippen MR) is 83.4 cm³/mol. The van der Waals surface area contributed by atoms with Gasteiger partial charge in [-0.2, -0.15) is 0 Å². The van der Waals surface area contributed by atoms with Crippen molar-refractivity contribution < 1.29 is 14.7 Å². The molecule has 0 aliphatic rings. The standard InChI is InChI=1S/C16H20ClNO3/c1-2-3-6-14(16(20)21)18-15(19)7-4-5-12-8-10-13(17)11-9-12/h2-3,8-11,14H,4-7H2,1H3,(H,18,19)(H,20,21)/b3-2+. The van der Waals surface area contributed by atoms with Crippen LogP contribution in [0.5, 0.6) is 0 Å². The number of carboxylic acids is 1. The Bertz CT molecular complexity index is 497. The highest BCUT2D eigenvalue weighted by molar-refractivity contribution is 6.30. The van der Waals surface area contributed by atoms with Gasteiger partial charge in [-0.3, -0.25) is 4.79 Å². The van der Waals surface area contributed by atoms with Crippen LogP contribution in [0.2, 0.25) is 5.02 Å². The van der Waals surface area contributed by atoms with Gasteiger partial charge in [-0.15, -0.1) is 0 Å². The van der Waals surface area contributed by atoms with E-state index < -0.39 is 12.0 Å². The first-order chi connectivity index (χ1) is 10.0. The minimum Gasteiger partial charge on any atom is -0.480 e. The second-order valence-corrected chi connectivity index (χ2v) is 5.18. The van der Waals surface area contributed by atoms with Crippen molar-refractivity contribution in [3.05, 3.63) is 47.0 Å². The van der Waals surface area contributed by atoms with Crippen molar-refractivity contribution in [3.8, 4) is 0 Å². The maximum atomic E-state index is 11.7. The highest BCUT2D eigenvalue weighted by Gasteiger charge is 2.17. The van der Waals surface area contributed by atoms with Crippen molar-refractivity contribution >= 4 is 23.5 Å². The van der Waals surface area contributed by atoms with Gasteiger partial charge in [0.15, 0.2) is 0 Å². The monoisotopic (exact) mass is 309 g/mol. The Kier molecular flexibility index (Phi) is 7.54. The number of benzene rings is 1. The Hall–Kier alpha value is -1.81. The molecule has 1 atom stereocenters. The molecular weight excluding hydrogens is 290 g/mol. The Balaban J connectivity index is 2.35. The van der Waals surface area contributed by atoms with Crippen LogP contribution in [0.4, 0.5) is 0 Å². The first-order valence-electron chi connectivity index (χ1n) is 6.90. The quantitative estimate of drug-likeness (QED) is 0.725. The van der Waals surface area contributed by atoms with Gasteiger partial charge in [0.2, 0.25) is 5.91 Å². The number of halogens is 1. The van der Waals surface area contributed by atoms with E-state index in [0.717, 1.165) is 12.0 Å². The Morgan fingerprint density at radius 1 is 1.33 bits per heavy atom. The second-order valence-electron chi connectivity index (χ2n) is 4.74. The van der Waals surface area contributed by atoms with Gasteiger partial charge in [0.05, 0.1) is 0 Å². The van der Waals surface area contributed by atoms with Crippen LogP contribution >= 0.6 is 11.6 Å². The van der Waals surface area contributed by atoms with Crippen LogP contribution < -0.4 is 5.32 Å². The van der Waals surface area contributed by atoms with Gasteiger partial charge in [-0.1, -0.05) is 35.9 Å². The third-order valence-electron chi connectivity index (χ3n) is 3.02. The zero-order valence-electron chi connectivity index (χ0n) is 12.0. The molecular formula is C16H20ClNO3. The van der Waals surface area contributed by atoms with Gasteiger partial charge in [0.25, 0.3) is 0 Å². The first-order valence-corrected chi connectivity index (χ1v) is 7.28. The normalized spacial score (nSPS) is 12.3. The molecule has 114 valence electrons. The van der Waals surface area contributed by atoms with Crippen molar-refractivity contribution in [2.75, 3.05) is 0 Å². The summed E-state index contributed by atoms with van der Waals surface area (Å²) in [5, 5.41) is 12.2. The summed E-state index contributed by atoms with van der Waals surface area (Å²) in [6, 6.07) is 6.62. The van der Waals surface area contributed by atoms with Crippen molar-refractivity contribution in [2.45, 2.75) is 38.6 Å². The fourth-order valence-corrected chi connectivity index (χ4v) is 1.99. The lowest BCUT2D eigenvalue weighted by molar-refractivity contribution is -0.141. The summed E-state index contributed by atoms with van der Waals surface area (Å²) in [6.45, 7) is 1.81. The summed E-state index contributed by atoms with van der Waals surface area (Å²) in [4.78, 5) is 22.8. The van der Waals surface area contributed by atoms with Gasteiger partial charge in [-0.05, 0) is 43.9 Å². The summed E-state index contributed by atoms with van der Waals surface area (Å²) >= 11 is 5.80. The van der Waals surface area contributed by atoms with Gasteiger partial charge >= 0.3 is 5.97 Å². The van der Waals surface area contributed by atoms with Gasteiger partial charge in [0.1, 0.15) is 6.04 Å². The first kappa shape index (κ1) is 17.2. The van der Waals surface area contributed by atoms with E-state index in [1.54, 1.807) is 12.2 Å². The highest BCUT2D eigenvalue weighted by Crippen LogP contribution is 2.11. The summed E-state index contributed by atoms with van der Waals surface area (Å²) in [5.74, 6) is -1.25. The van der Waals surface area contributed by atoms with E-state index in [1.807, 2.05) is 31.2 Å². The number of nitrogens with one attached hydrogen (secondary N) is 1. The van der Waals surface area contributed by atoms with Crippen LogP contribution in [0, 0.1) is 0 Å². The molecule has 0 saturated carbocycles. The predicted octanol–water partition coefficient (Wildman–Crippen LogP) is 3.20. The van der Waals surface area contributed by atoms with E-state index in [2.05, 4.69) is 5.32 Å². The highest BCUT2D eigenvalue weighted by atomic mass is 35.5. The second kappa shape index (κ2) is 9.19. The van der Waals surface area contributed by atoms with E-state index in [1.165, 1.54) is 0 Å². The lowest BCUT2D eigenvalue weighted by Crippen LogP contribution is -2.40. The number of allylic oxidation sites excluding steroid dienone is 1. The molecule has 1 unspecified atom stereocenters. The summed E-state index contributed by atoms with van der Waals surface area (Å²) in [6.07, 6.45) is 5.53. The topological polar surface area (TPSA) is 66.4 Å². The molecule has 5 heteroatoms. The minimum absolute atomic E-state index is 0.235. The summed E-state index contributed by atoms with van der Waals surface area (Å²) < 4.78 is 0. The lowest BCUT2D eigenvalue weighted by atomic mass is 10.1. The van der Waals surface area contributed by atoms with Crippen LogP contribution in [0.25, 0.3) is 0 Å². The third-order valence-corrected chi connectivity index (χ3v) is 3.28. The Morgan fingerprint density at radius 3 is 2.57 bits per heavy atom. The SMILES string of the molecule is C/C=C/CC(NC(=O)CCCc1ccc(Cl)cc1)C(=O)O. The minimum atomic E-state index is -1.01. The molecule has 1 aromatic rings. The van der Waals surface area contributed by atoms with Crippen LogP contribution in [-0.2, 0) is 16.0 Å². The summed E-state index contributed by atoms with van der Waals surface area (Å²) in [5.41, 5.74) is 1.11. The third kappa shape index (κ3) is 6.95. The fourth-order valence-electron chi connectivity index (χ4n) is 1.86. The van der Waals surface area contributed by atoms with Crippen LogP contribution in [-0.4, -0.2) is 23.0 Å². The van der Waals surface area contributed by atoms with Crippen LogP contribution in [0.1, 0.15) is 31.7 Å². The average molecular weight is 310 g/mol. The zero-order valence-corrected chi connectivity index (χ0v) is 12.8. The van der Waals surface area contributed by atoms with Crippen LogP contribution in [0.15, 0.2) is 36.4 Å². The lowest BCUT2D eigenvalue weighted by Gasteiger charge is -2.12. The maximum Gasteiger partial charge on any atom is 0.326 e. The maximum absolute atomic E-state index is 11.7. The number of carboxylic acid groups (broad SMARTS) is 1. The number of aliphatic carboxylic acids is 1. The van der Waals surface area contributed by atoms with E-state index >= 15 is 0 Å². The molecule has 2 N–H and O–H groups in total. The molecule has 0 radical (unpaired) electrons. The number of rotatable bonds is 8. The largest absolute Gasteiger partial charge is 0.480 e. The van der Waals surface area contributed by atoms with E-state index in [-0.39, 0.29) is 5.91 Å². The molecule has 0 saturated heterocycles. The summed E-state index contributed by atoms with van der Waals surface area (Å²) in [7, 11) is 0. The Morgan fingerprint density at radius 2 is 2.00 bits per heavy atom. The van der Waals surface area contributed by atoms with Crippen molar-refractivity contribution in [1.82, 2.24) is 5.32 Å². The molecule has 0 aliphatic heterocycles. The van der Waals surface area contributed by atoms with Gasteiger partial charge in [0, 0.05) is 11.4 Å². The zero-order chi connectivity index (χ0) is 15.7. The average Bonchev–Trinajstić information content (AvgIpc) is 2.45. The van der Waals surface area contributed by atoms with Crippen molar-refractivity contribution in [1.29, 1.82) is 0 Å². The number of carbonyl (C=O) groups excluding carboxylic acids is 1. The molecule has 0 heterocycles. The number of hydrogen-bond acceptors (Lipinski definition) is 2. The molecule has 1 amide bonds. The molecule has 21 heavy (non-hydrogen) atoms. The van der Waals surface area contributed by atoms with E-state index in [9.17, 15) is 9.59 Å². The molecule has 0 fully saturated rings. The molecule has 1 aromatic carbocycles. The smallest absolute Gasteiger partial charge is 0.326 e. The molecule has 4 nitrogen and oxygen atoms in total. The van der Waals surface area contributed by atoms with E-state index in [0.29, 0.717) is 24.3 Å². The number of aryl methyl sites for hydroxylation is 1. The Labute approximate surface area is 129 Å². The molecule has 0 bridgehead atoms. The van der Waals surface area contributed by atoms with Crippen LogP contribution in [0.3, 0.4) is 0 Å².